The highest BCUT2D eigenvalue weighted by Gasteiger charge is 2.32. The van der Waals surface area contributed by atoms with Gasteiger partial charge < -0.3 is 25.8 Å². The number of aliphatic hydroxyl groups excluding tert-OH is 1. The molecule has 1 heterocycles. The van der Waals surface area contributed by atoms with Crippen molar-refractivity contribution in [3.05, 3.63) is 53.3 Å². The van der Waals surface area contributed by atoms with Crippen molar-refractivity contribution in [1.82, 2.24) is 25.7 Å². The van der Waals surface area contributed by atoms with Crippen LogP contribution in [0.4, 0.5) is 0 Å². The van der Waals surface area contributed by atoms with Crippen molar-refractivity contribution in [2.45, 2.75) is 106 Å². The molecular formula is C34H53N5O6S. The Kier molecular flexibility index (Phi) is 16.3. The van der Waals surface area contributed by atoms with Crippen molar-refractivity contribution in [2.75, 3.05) is 5.75 Å². The van der Waals surface area contributed by atoms with E-state index in [1.807, 2.05) is 77.9 Å². The number of carbonyl (C=O) groups is 4. The molecule has 2 aromatic rings. The minimum atomic E-state index is -1.04. The van der Waals surface area contributed by atoms with Gasteiger partial charge in [-0.05, 0) is 62.3 Å². The van der Waals surface area contributed by atoms with Crippen molar-refractivity contribution in [3.63, 3.8) is 0 Å². The van der Waals surface area contributed by atoms with Gasteiger partial charge in [0.1, 0.15) is 6.04 Å². The number of ether oxygens (including phenoxy) is 1. The molecule has 3 amide bonds. The van der Waals surface area contributed by atoms with Crippen molar-refractivity contribution in [3.8, 4) is 0 Å². The molecular weight excluding hydrogens is 606 g/mol. The number of thiol groups is 1. The summed E-state index contributed by atoms with van der Waals surface area (Å²) in [4.78, 5) is 52.1. The van der Waals surface area contributed by atoms with Crippen molar-refractivity contribution >= 4 is 36.3 Å². The van der Waals surface area contributed by atoms with Crippen LogP contribution >= 0.6 is 12.6 Å². The van der Waals surface area contributed by atoms with E-state index in [2.05, 4.69) is 33.7 Å². The first-order valence-corrected chi connectivity index (χ1v) is 16.7. The van der Waals surface area contributed by atoms with Crippen LogP contribution in [0.1, 0.15) is 77.3 Å². The van der Waals surface area contributed by atoms with Crippen molar-refractivity contribution in [1.29, 1.82) is 0 Å². The van der Waals surface area contributed by atoms with E-state index in [9.17, 15) is 24.3 Å². The zero-order chi connectivity index (χ0) is 34.4. The van der Waals surface area contributed by atoms with E-state index < -0.39 is 36.0 Å². The highest BCUT2D eigenvalue weighted by atomic mass is 32.1. The van der Waals surface area contributed by atoms with E-state index >= 15 is 0 Å². The largest absolute Gasteiger partial charge is 0.442 e. The van der Waals surface area contributed by atoms with E-state index in [1.165, 1.54) is 0 Å². The molecule has 1 aromatic heterocycles. The first-order valence-electron chi connectivity index (χ1n) is 16.1. The summed E-state index contributed by atoms with van der Waals surface area (Å²) >= 11 is 4.28. The second-order valence-corrected chi connectivity index (χ2v) is 13.3. The number of hydrogen-bond acceptors (Lipinski definition) is 8. The lowest BCUT2D eigenvalue weighted by Crippen LogP contribution is -2.52. The van der Waals surface area contributed by atoms with Crippen LogP contribution in [0.3, 0.4) is 0 Å². The molecule has 0 fully saturated rings. The standard InChI is InChI=1S/C34H53N5O6S/c1-21(2)15-28(36-33(43)27(13-14-46)18-30(41)45-20-39-25(7)17-24(6)38-39)29(40)16-23(5)32(42)37-31(22(3)4)34(44)35-19-26-11-9-8-10-12-26/h8-12,17,21-23,27-29,31,40,46H,13-16,18-20H2,1-7H3,(H,35,44)(H,36,43)(H,37,42)/t23-,27-,28+,29+,31+/m1/s1. The van der Waals surface area contributed by atoms with E-state index in [1.54, 1.807) is 11.6 Å². The maximum absolute atomic E-state index is 13.4. The van der Waals surface area contributed by atoms with Crippen molar-refractivity contribution in [2.24, 2.45) is 23.7 Å². The monoisotopic (exact) mass is 659 g/mol. The van der Waals surface area contributed by atoms with Gasteiger partial charge in [0, 0.05) is 24.1 Å². The molecule has 0 aliphatic carbocycles. The van der Waals surface area contributed by atoms with E-state index in [0.29, 0.717) is 25.1 Å². The summed E-state index contributed by atoms with van der Waals surface area (Å²) in [5.74, 6) is -2.54. The number of rotatable bonds is 19. The van der Waals surface area contributed by atoms with Gasteiger partial charge in [-0.25, -0.2) is 4.68 Å². The number of nitrogens with one attached hydrogen (secondary N) is 3. The molecule has 4 N–H and O–H groups in total. The van der Waals surface area contributed by atoms with E-state index in [4.69, 9.17) is 4.74 Å². The maximum Gasteiger partial charge on any atom is 0.308 e. The quantitative estimate of drug-likeness (QED) is 0.114. The van der Waals surface area contributed by atoms with Crippen LogP contribution in [0.5, 0.6) is 0 Å². The summed E-state index contributed by atoms with van der Waals surface area (Å²) in [7, 11) is 0. The average Bonchev–Trinajstić information content (AvgIpc) is 3.32. The number of aromatic nitrogens is 2. The summed E-state index contributed by atoms with van der Waals surface area (Å²) in [6.45, 7) is 13.4. The lowest BCUT2D eigenvalue weighted by atomic mass is 9.91. The second kappa shape index (κ2) is 19.3. The molecule has 2 rings (SSSR count). The van der Waals surface area contributed by atoms with Crippen LogP contribution in [0, 0.1) is 37.5 Å². The molecule has 46 heavy (non-hydrogen) atoms. The Balaban J connectivity index is 1.99. The number of benzene rings is 1. The maximum atomic E-state index is 13.4. The highest BCUT2D eigenvalue weighted by Crippen LogP contribution is 2.19. The molecule has 1 aromatic carbocycles. The molecule has 0 bridgehead atoms. The zero-order valence-corrected chi connectivity index (χ0v) is 29.2. The third-order valence-electron chi connectivity index (χ3n) is 7.83. The van der Waals surface area contributed by atoms with Gasteiger partial charge in [0.05, 0.1) is 24.3 Å². The zero-order valence-electron chi connectivity index (χ0n) is 28.3. The first-order chi connectivity index (χ1) is 21.7. The van der Waals surface area contributed by atoms with Crippen LogP contribution < -0.4 is 16.0 Å². The van der Waals surface area contributed by atoms with Gasteiger partial charge in [0.25, 0.3) is 0 Å². The number of amides is 3. The number of aliphatic hydroxyl groups is 1. The topological polar surface area (TPSA) is 152 Å². The van der Waals surface area contributed by atoms with Crippen LogP contribution in [0.15, 0.2) is 36.4 Å². The number of aryl methyl sites for hydroxylation is 2. The predicted octanol–water partition coefficient (Wildman–Crippen LogP) is 3.70. The number of esters is 1. The number of carbonyl (C=O) groups excluding carboxylic acids is 4. The van der Waals surface area contributed by atoms with Gasteiger partial charge in [-0.2, -0.15) is 17.7 Å². The fourth-order valence-electron chi connectivity index (χ4n) is 5.16. The average molecular weight is 660 g/mol. The molecule has 0 radical (unpaired) electrons. The Morgan fingerprint density at radius 1 is 0.957 bits per heavy atom. The fourth-order valence-corrected chi connectivity index (χ4v) is 5.47. The van der Waals surface area contributed by atoms with Crippen LogP contribution in [-0.2, 0) is 37.2 Å². The van der Waals surface area contributed by atoms with Crippen LogP contribution in [0.25, 0.3) is 0 Å². The fraction of sp³-hybridized carbons (Fsp3) is 0.618. The first kappa shape index (κ1) is 38.8. The van der Waals surface area contributed by atoms with Gasteiger partial charge in [-0.3, -0.25) is 19.2 Å². The molecule has 5 atom stereocenters. The van der Waals surface area contributed by atoms with Crippen LogP contribution in [-0.4, -0.2) is 62.5 Å². The van der Waals surface area contributed by atoms with E-state index in [-0.39, 0.29) is 49.1 Å². The minimum absolute atomic E-state index is 0.0469. The molecule has 11 nitrogen and oxygen atoms in total. The normalized spacial score (nSPS) is 14.7. The molecule has 0 aliphatic rings. The van der Waals surface area contributed by atoms with Gasteiger partial charge >= 0.3 is 5.97 Å². The third-order valence-corrected chi connectivity index (χ3v) is 8.09. The highest BCUT2D eigenvalue weighted by molar-refractivity contribution is 7.80. The summed E-state index contributed by atoms with van der Waals surface area (Å²) < 4.78 is 6.96. The predicted molar refractivity (Wildman–Crippen MR) is 181 cm³/mol. The minimum Gasteiger partial charge on any atom is -0.442 e. The summed E-state index contributed by atoms with van der Waals surface area (Å²) in [5.41, 5.74) is 2.62. The van der Waals surface area contributed by atoms with Gasteiger partial charge in [-0.1, -0.05) is 65.0 Å². The Morgan fingerprint density at radius 3 is 2.20 bits per heavy atom. The number of hydrogen-bond donors (Lipinski definition) is 5. The van der Waals surface area contributed by atoms with Gasteiger partial charge in [-0.15, -0.1) is 0 Å². The summed E-state index contributed by atoms with van der Waals surface area (Å²) in [6.07, 6.45) is -0.296. The lowest BCUT2D eigenvalue weighted by molar-refractivity contribution is -0.151. The Hall–Kier alpha value is -3.38. The van der Waals surface area contributed by atoms with Crippen molar-refractivity contribution < 1.29 is 29.0 Å². The van der Waals surface area contributed by atoms with Gasteiger partial charge in [0.2, 0.25) is 17.7 Å². The SMILES string of the molecule is Cc1cc(C)n(COC(=O)C[C@@H](CCS)C(=O)N[C@@H](CC(C)C)[C@@H](O)C[C@@H](C)C(=O)N[C@H](C(=O)NCc2ccccc2)C(C)C)n1. The molecule has 0 aliphatic heterocycles. The summed E-state index contributed by atoms with van der Waals surface area (Å²) in [6, 6.07) is 10.00. The summed E-state index contributed by atoms with van der Waals surface area (Å²) in [5, 5.41) is 24.2. The second-order valence-electron chi connectivity index (χ2n) is 12.9. The third kappa shape index (κ3) is 13.2. The molecule has 0 unspecified atom stereocenters. The van der Waals surface area contributed by atoms with Gasteiger partial charge in [0.15, 0.2) is 6.73 Å². The molecule has 0 spiro atoms. The van der Waals surface area contributed by atoms with Crippen LogP contribution in [0.2, 0.25) is 0 Å². The molecule has 256 valence electrons. The molecule has 12 heteroatoms. The Labute approximate surface area is 279 Å². The lowest BCUT2D eigenvalue weighted by Gasteiger charge is -2.30. The smallest absolute Gasteiger partial charge is 0.308 e. The Morgan fingerprint density at radius 2 is 1.63 bits per heavy atom. The number of nitrogens with zero attached hydrogens (tertiary/aromatic N) is 2. The molecule has 0 saturated heterocycles. The Bertz CT molecular complexity index is 1270. The van der Waals surface area contributed by atoms with E-state index in [0.717, 1.165) is 17.0 Å². The molecule has 0 saturated carbocycles.